The number of azide groups is 3. The zero-order valence-electron chi connectivity index (χ0n) is 12.8. The summed E-state index contributed by atoms with van der Waals surface area (Å²) >= 11 is 6.02. The van der Waals surface area contributed by atoms with E-state index in [9.17, 15) is 4.79 Å². The van der Waals surface area contributed by atoms with Gasteiger partial charge in [-0.3, -0.25) is 9.69 Å². The SMILES string of the molecule is [N-]=[N+]=NCC(CN=[N+]=[N-])N1C2NC(Cl)=CC=C2NC(=O)[C@H]1CN=[N+]=[N-]. The topological polar surface area (TPSA) is 191 Å². The molecule has 0 aliphatic carbocycles. The lowest BCUT2D eigenvalue weighted by molar-refractivity contribution is -0.130. The van der Waals surface area contributed by atoms with Gasteiger partial charge in [0, 0.05) is 33.9 Å². The van der Waals surface area contributed by atoms with Crippen LogP contribution in [0.15, 0.2) is 38.3 Å². The lowest BCUT2D eigenvalue weighted by Gasteiger charge is -2.47. The zero-order chi connectivity index (χ0) is 18.2. The van der Waals surface area contributed by atoms with E-state index in [0.717, 1.165) is 0 Å². The standard InChI is InChI=1S/C11H13ClN12O/c12-9-2-1-7-10(20-9)24(6(3-16-21-13)4-17-22-14)8(5-18-23-15)11(25)19-7/h1-2,6,8,10,20H,3-5H2,(H,19,25)/t8-,10?/m1/s1. The Kier molecular flexibility index (Phi) is 6.35. The summed E-state index contributed by atoms with van der Waals surface area (Å²) in [5, 5.41) is 16.6. The molecular weight excluding hydrogens is 352 g/mol. The van der Waals surface area contributed by atoms with E-state index >= 15 is 0 Å². The van der Waals surface area contributed by atoms with Crippen LogP contribution in [0.4, 0.5) is 0 Å². The van der Waals surface area contributed by atoms with Crippen molar-refractivity contribution >= 4 is 17.5 Å². The van der Waals surface area contributed by atoms with Crippen molar-refractivity contribution in [1.29, 1.82) is 0 Å². The van der Waals surface area contributed by atoms with Crippen LogP contribution < -0.4 is 10.6 Å². The number of rotatable bonds is 7. The molecule has 0 aromatic rings. The maximum absolute atomic E-state index is 12.4. The van der Waals surface area contributed by atoms with Crippen molar-refractivity contribution in [1.82, 2.24) is 15.5 Å². The zero-order valence-corrected chi connectivity index (χ0v) is 13.5. The van der Waals surface area contributed by atoms with Gasteiger partial charge >= 0.3 is 0 Å². The lowest BCUT2D eigenvalue weighted by Crippen LogP contribution is -2.68. The van der Waals surface area contributed by atoms with Crippen LogP contribution in [-0.4, -0.2) is 48.7 Å². The number of nitrogens with zero attached hydrogens (tertiary/aromatic N) is 10. The minimum absolute atomic E-state index is 0.0532. The molecule has 14 heteroatoms. The number of hydrogen-bond donors (Lipinski definition) is 2. The summed E-state index contributed by atoms with van der Waals surface area (Å²) in [6.45, 7) is -0.261. The molecule has 2 atom stereocenters. The number of carbonyl (C=O) groups excluding carboxylic acids is 1. The second-order valence-electron chi connectivity index (χ2n) is 5.03. The molecule has 0 spiro atoms. The largest absolute Gasteiger partial charge is 0.355 e. The number of amides is 1. The predicted molar refractivity (Wildman–Crippen MR) is 88.5 cm³/mol. The average molecular weight is 365 g/mol. The van der Waals surface area contributed by atoms with E-state index in [1.165, 1.54) is 0 Å². The van der Waals surface area contributed by atoms with E-state index in [2.05, 4.69) is 40.7 Å². The van der Waals surface area contributed by atoms with Gasteiger partial charge in [-0.1, -0.05) is 26.9 Å². The van der Waals surface area contributed by atoms with Gasteiger partial charge in [-0.15, -0.1) is 0 Å². The molecule has 0 aromatic carbocycles. The Morgan fingerprint density at radius 2 is 1.80 bits per heavy atom. The predicted octanol–water partition coefficient (Wildman–Crippen LogP) is 1.98. The molecule has 1 saturated heterocycles. The molecule has 0 saturated carbocycles. The van der Waals surface area contributed by atoms with Crippen molar-refractivity contribution in [2.75, 3.05) is 19.6 Å². The summed E-state index contributed by atoms with van der Waals surface area (Å²) in [6, 6.07) is -1.47. The fraction of sp³-hybridized carbons (Fsp3) is 0.545. The van der Waals surface area contributed by atoms with Gasteiger partial charge in [0.05, 0.1) is 18.3 Å². The smallest absolute Gasteiger partial charge is 0.241 e. The summed E-state index contributed by atoms with van der Waals surface area (Å²) < 4.78 is 0. The van der Waals surface area contributed by atoms with Crippen LogP contribution in [0.25, 0.3) is 31.3 Å². The van der Waals surface area contributed by atoms with Crippen LogP contribution in [0.5, 0.6) is 0 Å². The minimum Gasteiger partial charge on any atom is -0.355 e. The monoisotopic (exact) mass is 364 g/mol. The fourth-order valence-corrected chi connectivity index (χ4v) is 2.83. The Morgan fingerprint density at radius 3 is 2.40 bits per heavy atom. The Hall–Kier alpha value is -3.07. The van der Waals surface area contributed by atoms with Crippen LogP contribution in [0.3, 0.4) is 0 Å². The third-order valence-electron chi connectivity index (χ3n) is 3.66. The van der Waals surface area contributed by atoms with Crippen molar-refractivity contribution in [3.05, 3.63) is 54.3 Å². The third-order valence-corrected chi connectivity index (χ3v) is 3.89. The molecule has 0 aromatic heterocycles. The molecule has 1 fully saturated rings. The first-order chi connectivity index (χ1) is 12.1. The first-order valence-electron chi connectivity index (χ1n) is 7.07. The quantitative estimate of drug-likeness (QED) is 0.302. The number of carbonyl (C=O) groups is 1. The average Bonchev–Trinajstić information content (AvgIpc) is 2.60. The maximum Gasteiger partial charge on any atom is 0.241 e. The molecule has 25 heavy (non-hydrogen) atoms. The van der Waals surface area contributed by atoms with Gasteiger partial charge in [0.25, 0.3) is 0 Å². The number of halogens is 1. The van der Waals surface area contributed by atoms with Gasteiger partial charge < -0.3 is 10.6 Å². The summed E-state index contributed by atoms with van der Waals surface area (Å²) in [5.41, 5.74) is 26.3. The number of piperazine rings is 1. The van der Waals surface area contributed by atoms with E-state index in [4.69, 9.17) is 28.2 Å². The van der Waals surface area contributed by atoms with E-state index in [-0.39, 0.29) is 19.6 Å². The Bertz CT molecular complexity index is 718. The maximum atomic E-state index is 12.4. The molecule has 2 aliphatic heterocycles. The Labute approximate surface area is 146 Å². The molecular formula is C11H13ClN12O. The Balaban J connectivity index is 2.44. The van der Waals surface area contributed by atoms with Crippen LogP contribution in [0.2, 0.25) is 0 Å². The van der Waals surface area contributed by atoms with Crippen molar-refractivity contribution in [3.8, 4) is 0 Å². The van der Waals surface area contributed by atoms with Crippen molar-refractivity contribution in [2.24, 2.45) is 15.3 Å². The van der Waals surface area contributed by atoms with Crippen LogP contribution in [-0.2, 0) is 4.79 Å². The van der Waals surface area contributed by atoms with E-state index in [1.54, 1.807) is 17.1 Å². The molecule has 1 amide bonds. The van der Waals surface area contributed by atoms with E-state index < -0.39 is 24.2 Å². The van der Waals surface area contributed by atoms with Crippen molar-refractivity contribution in [2.45, 2.75) is 18.2 Å². The first-order valence-corrected chi connectivity index (χ1v) is 7.45. The highest BCUT2D eigenvalue weighted by Gasteiger charge is 2.43. The third kappa shape index (κ3) is 4.27. The van der Waals surface area contributed by atoms with Gasteiger partial charge in [-0.25, -0.2) is 0 Å². The molecule has 1 unspecified atom stereocenters. The number of allylic oxidation sites excluding steroid dienone is 2. The van der Waals surface area contributed by atoms with Crippen LogP contribution in [0, 0.1) is 0 Å². The Morgan fingerprint density at radius 1 is 1.16 bits per heavy atom. The second kappa shape index (κ2) is 8.69. The molecule has 2 aliphatic rings. The van der Waals surface area contributed by atoms with E-state index in [0.29, 0.717) is 10.9 Å². The molecule has 0 bridgehead atoms. The lowest BCUT2D eigenvalue weighted by atomic mass is 10.0. The van der Waals surface area contributed by atoms with Crippen molar-refractivity contribution < 1.29 is 4.79 Å². The summed E-state index contributed by atoms with van der Waals surface area (Å²) in [7, 11) is 0. The highest BCUT2D eigenvalue weighted by Crippen LogP contribution is 2.25. The molecule has 130 valence electrons. The summed E-state index contributed by atoms with van der Waals surface area (Å²) in [5.74, 6) is -0.394. The first kappa shape index (κ1) is 18.3. The van der Waals surface area contributed by atoms with Gasteiger partial charge in [0.1, 0.15) is 11.3 Å². The molecule has 13 nitrogen and oxygen atoms in total. The highest BCUT2D eigenvalue weighted by atomic mass is 35.5. The van der Waals surface area contributed by atoms with Gasteiger partial charge in [0.15, 0.2) is 0 Å². The normalized spacial score (nSPS) is 23.2. The van der Waals surface area contributed by atoms with Gasteiger partial charge in [0.2, 0.25) is 5.91 Å². The van der Waals surface area contributed by atoms with Crippen LogP contribution in [0.1, 0.15) is 0 Å². The number of hydrogen-bond acceptors (Lipinski definition) is 6. The number of nitrogens with one attached hydrogen (secondary N) is 2. The second-order valence-corrected chi connectivity index (χ2v) is 5.44. The van der Waals surface area contributed by atoms with Gasteiger partial charge in [-0.2, -0.15) is 0 Å². The van der Waals surface area contributed by atoms with E-state index in [1.807, 2.05) is 0 Å². The number of dihydropyridines is 1. The number of fused-ring (bicyclic) bond motifs is 1. The van der Waals surface area contributed by atoms with Gasteiger partial charge in [-0.05, 0) is 28.7 Å². The highest BCUT2D eigenvalue weighted by molar-refractivity contribution is 6.29. The van der Waals surface area contributed by atoms with Crippen molar-refractivity contribution in [3.63, 3.8) is 0 Å². The minimum atomic E-state index is -0.860. The fourth-order valence-electron chi connectivity index (χ4n) is 2.66. The summed E-state index contributed by atoms with van der Waals surface area (Å²) in [6.07, 6.45) is 2.65. The van der Waals surface area contributed by atoms with Crippen LogP contribution >= 0.6 is 11.6 Å². The molecule has 2 N–H and O–H groups in total. The summed E-state index contributed by atoms with van der Waals surface area (Å²) in [4.78, 5) is 22.2. The molecule has 2 rings (SSSR count). The molecule has 0 radical (unpaired) electrons. The molecule has 2 heterocycles.